The van der Waals surface area contributed by atoms with Crippen LogP contribution in [-0.2, 0) is 0 Å². The van der Waals surface area contributed by atoms with Crippen LogP contribution >= 0.6 is 23.2 Å². The fourth-order valence-corrected chi connectivity index (χ4v) is 4.85. The first-order valence-electron chi connectivity index (χ1n) is 11.4. The Hall–Kier alpha value is -1.96. The van der Waals surface area contributed by atoms with Gasteiger partial charge in [0.25, 0.3) is 11.8 Å². The lowest BCUT2D eigenvalue weighted by molar-refractivity contribution is -0.0557. The number of nitrogens with one attached hydrogen (secondary N) is 1. The molecule has 2 saturated heterocycles. The van der Waals surface area contributed by atoms with Gasteiger partial charge >= 0.3 is 0 Å². The van der Waals surface area contributed by atoms with E-state index in [0.717, 1.165) is 38.9 Å². The lowest BCUT2D eigenvalue weighted by Crippen LogP contribution is -2.41. The van der Waals surface area contributed by atoms with Crippen LogP contribution in [0.5, 0.6) is 0 Å². The van der Waals surface area contributed by atoms with Gasteiger partial charge in [0.2, 0.25) is 0 Å². The summed E-state index contributed by atoms with van der Waals surface area (Å²) in [5.41, 5.74) is 1.03. The van der Waals surface area contributed by atoms with Crippen molar-refractivity contribution in [2.75, 3.05) is 42.9 Å². The van der Waals surface area contributed by atoms with Crippen molar-refractivity contribution in [3.05, 3.63) is 52.1 Å². The Kier molecular flexibility index (Phi) is 7.72. The van der Waals surface area contributed by atoms with E-state index in [1.807, 2.05) is 0 Å². The van der Waals surface area contributed by atoms with Crippen LogP contribution in [0, 0.1) is 5.92 Å². The van der Waals surface area contributed by atoms with Crippen molar-refractivity contribution in [1.29, 1.82) is 0 Å². The van der Waals surface area contributed by atoms with E-state index in [1.54, 1.807) is 36.5 Å². The SMILES string of the molecule is O=C(Nc1cc(Cl)cnc1N1CCC(CCN2CCC(F)(F)CC2)CC1)c1cccc(Cl)c1. The Labute approximate surface area is 203 Å². The summed E-state index contributed by atoms with van der Waals surface area (Å²) in [5, 5.41) is 3.86. The number of hydrogen-bond acceptors (Lipinski definition) is 4. The number of anilines is 2. The number of hydrogen-bond donors (Lipinski definition) is 1. The summed E-state index contributed by atoms with van der Waals surface area (Å²) in [4.78, 5) is 21.6. The van der Waals surface area contributed by atoms with Crippen molar-refractivity contribution in [2.45, 2.75) is 38.0 Å². The first-order chi connectivity index (χ1) is 15.8. The van der Waals surface area contributed by atoms with Gasteiger partial charge in [-0.15, -0.1) is 0 Å². The maximum absolute atomic E-state index is 13.3. The molecule has 0 spiro atoms. The molecule has 178 valence electrons. The normalized spacial score (nSPS) is 19.5. The number of benzene rings is 1. The predicted octanol–water partition coefficient (Wildman–Crippen LogP) is 5.98. The third-order valence-corrected chi connectivity index (χ3v) is 6.97. The highest BCUT2D eigenvalue weighted by Gasteiger charge is 2.34. The summed E-state index contributed by atoms with van der Waals surface area (Å²) in [5.74, 6) is -1.51. The maximum Gasteiger partial charge on any atom is 0.255 e. The topological polar surface area (TPSA) is 48.5 Å². The van der Waals surface area contributed by atoms with E-state index in [9.17, 15) is 13.6 Å². The molecule has 33 heavy (non-hydrogen) atoms. The number of carbonyl (C=O) groups is 1. The Morgan fingerprint density at radius 1 is 1.09 bits per heavy atom. The molecule has 0 saturated carbocycles. The molecule has 0 unspecified atom stereocenters. The molecule has 5 nitrogen and oxygen atoms in total. The zero-order valence-corrected chi connectivity index (χ0v) is 19.9. The van der Waals surface area contributed by atoms with Crippen LogP contribution in [0.15, 0.2) is 36.5 Å². The first kappa shape index (κ1) is 24.2. The molecule has 1 amide bonds. The van der Waals surface area contributed by atoms with E-state index >= 15 is 0 Å². The third-order valence-electron chi connectivity index (χ3n) is 6.52. The van der Waals surface area contributed by atoms with Gasteiger partial charge in [0, 0.05) is 55.8 Å². The highest BCUT2D eigenvalue weighted by molar-refractivity contribution is 6.31. The molecule has 0 aliphatic carbocycles. The van der Waals surface area contributed by atoms with Crippen LogP contribution < -0.4 is 10.2 Å². The van der Waals surface area contributed by atoms with Gasteiger partial charge in [-0.2, -0.15) is 0 Å². The Morgan fingerprint density at radius 3 is 2.52 bits per heavy atom. The van der Waals surface area contributed by atoms with Crippen LogP contribution in [0.1, 0.15) is 42.5 Å². The van der Waals surface area contributed by atoms with E-state index in [1.165, 1.54) is 0 Å². The number of pyridine rings is 1. The average Bonchev–Trinajstić information content (AvgIpc) is 2.79. The molecule has 1 aromatic carbocycles. The van der Waals surface area contributed by atoms with Crippen LogP contribution in [0.25, 0.3) is 0 Å². The lowest BCUT2D eigenvalue weighted by atomic mass is 9.93. The highest BCUT2D eigenvalue weighted by atomic mass is 35.5. The smallest absolute Gasteiger partial charge is 0.255 e. The number of nitrogens with zero attached hydrogens (tertiary/aromatic N) is 3. The molecule has 0 bridgehead atoms. The second-order valence-corrected chi connectivity index (χ2v) is 9.78. The van der Waals surface area contributed by atoms with Crippen LogP contribution in [-0.4, -0.2) is 54.4 Å². The fourth-order valence-electron chi connectivity index (χ4n) is 4.50. The van der Waals surface area contributed by atoms with E-state index in [4.69, 9.17) is 23.2 Å². The minimum Gasteiger partial charge on any atom is -0.355 e. The average molecular weight is 497 g/mol. The number of amides is 1. The molecule has 3 heterocycles. The second-order valence-electron chi connectivity index (χ2n) is 8.91. The molecule has 2 aliphatic rings. The van der Waals surface area contributed by atoms with Gasteiger partial charge in [0.15, 0.2) is 5.82 Å². The zero-order valence-electron chi connectivity index (χ0n) is 18.4. The number of aromatic nitrogens is 1. The van der Waals surface area contributed by atoms with E-state index in [2.05, 4.69) is 20.1 Å². The molecule has 0 atom stereocenters. The Balaban J connectivity index is 1.33. The third kappa shape index (κ3) is 6.55. The van der Waals surface area contributed by atoms with Gasteiger partial charge < -0.3 is 15.1 Å². The Morgan fingerprint density at radius 2 is 1.82 bits per heavy atom. The lowest BCUT2D eigenvalue weighted by Gasteiger charge is -2.36. The van der Waals surface area contributed by atoms with Crippen molar-refractivity contribution in [2.24, 2.45) is 5.92 Å². The molecular weight excluding hydrogens is 469 g/mol. The largest absolute Gasteiger partial charge is 0.355 e. The van der Waals surface area contributed by atoms with Gasteiger partial charge in [0.1, 0.15) is 0 Å². The van der Waals surface area contributed by atoms with E-state index in [0.29, 0.717) is 46.1 Å². The predicted molar refractivity (Wildman–Crippen MR) is 129 cm³/mol. The van der Waals surface area contributed by atoms with Gasteiger partial charge in [-0.3, -0.25) is 4.79 Å². The summed E-state index contributed by atoms with van der Waals surface area (Å²) in [6.07, 6.45) is 4.54. The van der Waals surface area contributed by atoms with Crippen LogP contribution in [0.3, 0.4) is 0 Å². The second kappa shape index (κ2) is 10.5. The summed E-state index contributed by atoms with van der Waals surface area (Å²) in [6, 6.07) is 8.48. The minimum absolute atomic E-state index is 0.0304. The molecule has 1 aromatic heterocycles. The number of alkyl halides is 2. The number of likely N-dealkylation sites (tertiary alicyclic amines) is 1. The monoisotopic (exact) mass is 496 g/mol. The van der Waals surface area contributed by atoms with Crippen molar-refractivity contribution in [1.82, 2.24) is 9.88 Å². The molecule has 4 rings (SSSR count). The van der Waals surface area contributed by atoms with E-state index < -0.39 is 5.92 Å². The molecule has 1 N–H and O–H groups in total. The number of carbonyl (C=O) groups excluding carboxylic acids is 1. The van der Waals surface area contributed by atoms with Crippen molar-refractivity contribution in [3.8, 4) is 0 Å². The molecule has 9 heteroatoms. The van der Waals surface area contributed by atoms with Gasteiger partial charge in [-0.1, -0.05) is 29.3 Å². The molecular formula is C24H28Cl2F2N4O. The van der Waals surface area contributed by atoms with Crippen molar-refractivity contribution >= 4 is 40.6 Å². The number of piperidine rings is 2. The molecule has 2 aliphatic heterocycles. The Bertz CT molecular complexity index is 973. The summed E-state index contributed by atoms with van der Waals surface area (Å²) in [7, 11) is 0. The molecule has 2 fully saturated rings. The maximum atomic E-state index is 13.3. The summed E-state index contributed by atoms with van der Waals surface area (Å²) in [6.45, 7) is 3.47. The summed E-state index contributed by atoms with van der Waals surface area (Å²) < 4.78 is 26.7. The first-order valence-corrected chi connectivity index (χ1v) is 12.1. The van der Waals surface area contributed by atoms with Crippen molar-refractivity contribution < 1.29 is 13.6 Å². The van der Waals surface area contributed by atoms with E-state index in [-0.39, 0.29) is 18.7 Å². The van der Waals surface area contributed by atoms with Gasteiger partial charge in [-0.05, 0) is 56.0 Å². The highest BCUT2D eigenvalue weighted by Crippen LogP contribution is 2.32. The molecule has 0 radical (unpaired) electrons. The zero-order chi connectivity index (χ0) is 23.4. The fraction of sp³-hybridized carbons (Fsp3) is 0.500. The van der Waals surface area contributed by atoms with Crippen LogP contribution in [0.4, 0.5) is 20.3 Å². The van der Waals surface area contributed by atoms with Gasteiger partial charge in [0.05, 0.1) is 10.7 Å². The number of halogens is 4. The quantitative estimate of drug-likeness (QED) is 0.534. The van der Waals surface area contributed by atoms with Crippen LogP contribution in [0.2, 0.25) is 10.0 Å². The standard InChI is InChI=1S/C24H28Cl2F2N4O/c25-19-3-1-2-18(14-19)23(33)30-21-15-20(26)16-29-22(21)32-10-5-17(6-11-32)4-9-31-12-7-24(27,28)8-13-31/h1-3,14-17H,4-13H2,(H,30,33). The minimum atomic E-state index is -2.49. The van der Waals surface area contributed by atoms with Crippen molar-refractivity contribution in [3.63, 3.8) is 0 Å². The van der Waals surface area contributed by atoms with Gasteiger partial charge in [-0.25, -0.2) is 13.8 Å². The molecule has 2 aromatic rings. The number of rotatable bonds is 6. The summed E-state index contributed by atoms with van der Waals surface area (Å²) >= 11 is 12.2.